The van der Waals surface area contributed by atoms with Gasteiger partial charge in [-0.25, -0.2) is 0 Å². The third-order valence-electron chi connectivity index (χ3n) is 4.86. The van der Waals surface area contributed by atoms with Crippen molar-refractivity contribution in [3.63, 3.8) is 0 Å². The van der Waals surface area contributed by atoms with Crippen LogP contribution in [0.25, 0.3) is 0 Å². The number of ether oxygens (including phenoxy) is 2. The molecule has 3 rings (SSSR count). The van der Waals surface area contributed by atoms with Crippen molar-refractivity contribution in [2.24, 2.45) is 0 Å². The molecule has 0 N–H and O–H groups in total. The zero-order valence-electron chi connectivity index (χ0n) is 13.8. The number of anilines is 1. The van der Waals surface area contributed by atoms with Gasteiger partial charge in [0, 0.05) is 44.0 Å². The second kappa shape index (κ2) is 7.19. The lowest BCUT2D eigenvalue weighted by atomic mass is 10.0. The van der Waals surface area contributed by atoms with Crippen molar-refractivity contribution in [3.8, 4) is 5.75 Å². The standard InChI is InChI=1S/C17H23F3N2O2/c1-23-15-4-2-3-14(11-15)21-7-5-13(6-8-21)22-9-10-24-16(12-22)17(18,19)20/h2-4,11,13,16H,5-10,12H2,1H3. The van der Waals surface area contributed by atoms with Crippen molar-refractivity contribution < 1.29 is 22.6 Å². The molecule has 0 aliphatic carbocycles. The topological polar surface area (TPSA) is 24.9 Å². The van der Waals surface area contributed by atoms with Gasteiger partial charge >= 0.3 is 6.18 Å². The summed E-state index contributed by atoms with van der Waals surface area (Å²) in [6.07, 6.45) is -4.20. The van der Waals surface area contributed by atoms with Gasteiger partial charge in [-0.15, -0.1) is 0 Å². The fraction of sp³-hybridized carbons (Fsp3) is 0.647. The van der Waals surface area contributed by atoms with Crippen LogP contribution in [0.15, 0.2) is 24.3 Å². The van der Waals surface area contributed by atoms with E-state index >= 15 is 0 Å². The number of nitrogens with zero attached hydrogens (tertiary/aromatic N) is 2. The van der Waals surface area contributed by atoms with Crippen molar-refractivity contribution in [2.45, 2.75) is 31.2 Å². The van der Waals surface area contributed by atoms with Crippen LogP contribution in [-0.4, -0.2) is 63.1 Å². The molecule has 4 nitrogen and oxygen atoms in total. The van der Waals surface area contributed by atoms with E-state index in [0.717, 1.165) is 37.4 Å². The van der Waals surface area contributed by atoms with Crippen LogP contribution in [0, 0.1) is 0 Å². The highest BCUT2D eigenvalue weighted by Gasteiger charge is 2.44. The van der Waals surface area contributed by atoms with Crippen LogP contribution in [0.4, 0.5) is 18.9 Å². The number of methoxy groups -OCH3 is 1. The molecule has 1 aromatic carbocycles. The molecule has 134 valence electrons. The number of alkyl halides is 3. The number of benzene rings is 1. The quantitative estimate of drug-likeness (QED) is 0.842. The van der Waals surface area contributed by atoms with E-state index < -0.39 is 12.3 Å². The summed E-state index contributed by atoms with van der Waals surface area (Å²) < 4.78 is 48.7. The summed E-state index contributed by atoms with van der Waals surface area (Å²) in [5.74, 6) is 0.816. The molecule has 0 aromatic heterocycles. The molecular weight excluding hydrogens is 321 g/mol. The van der Waals surface area contributed by atoms with E-state index in [-0.39, 0.29) is 19.2 Å². The van der Waals surface area contributed by atoms with E-state index in [1.807, 2.05) is 29.2 Å². The Kier molecular flexibility index (Phi) is 5.20. The molecule has 1 aromatic rings. The molecule has 24 heavy (non-hydrogen) atoms. The van der Waals surface area contributed by atoms with E-state index in [2.05, 4.69) is 4.90 Å². The first-order valence-electron chi connectivity index (χ1n) is 8.29. The maximum absolute atomic E-state index is 12.9. The maximum Gasteiger partial charge on any atom is 0.415 e. The Labute approximate surface area is 140 Å². The monoisotopic (exact) mass is 344 g/mol. The van der Waals surface area contributed by atoms with Gasteiger partial charge in [0.1, 0.15) is 5.75 Å². The fourth-order valence-corrected chi connectivity index (χ4v) is 3.50. The van der Waals surface area contributed by atoms with Crippen LogP contribution in [0.5, 0.6) is 5.75 Å². The summed E-state index contributed by atoms with van der Waals surface area (Å²) in [7, 11) is 1.64. The average Bonchev–Trinajstić information content (AvgIpc) is 2.61. The third kappa shape index (κ3) is 3.95. The summed E-state index contributed by atoms with van der Waals surface area (Å²) in [5, 5.41) is 0. The summed E-state index contributed by atoms with van der Waals surface area (Å²) in [6.45, 7) is 2.36. The van der Waals surface area contributed by atoms with Gasteiger partial charge in [0.2, 0.25) is 0 Å². The summed E-state index contributed by atoms with van der Waals surface area (Å²) >= 11 is 0. The van der Waals surface area contributed by atoms with Gasteiger partial charge in [-0.2, -0.15) is 13.2 Å². The zero-order valence-corrected chi connectivity index (χ0v) is 13.8. The van der Waals surface area contributed by atoms with Crippen LogP contribution in [0.3, 0.4) is 0 Å². The van der Waals surface area contributed by atoms with E-state index in [4.69, 9.17) is 9.47 Å². The van der Waals surface area contributed by atoms with E-state index in [0.29, 0.717) is 6.54 Å². The Balaban J connectivity index is 1.56. The van der Waals surface area contributed by atoms with Gasteiger partial charge < -0.3 is 14.4 Å². The lowest BCUT2D eigenvalue weighted by molar-refractivity contribution is -0.239. The molecule has 2 aliphatic heterocycles. The molecule has 2 fully saturated rings. The Morgan fingerprint density at radius 2 is 1.92 bits per heavy atom. The van der Waals surface area contributed by atoms with Gasteiger partial charge in [-0.1, -0.05) is 6.07 Å². The van der Waals surface area contributed by atoms with E-state index in [1.165, 1.54) is 0 Å². The van der Waals surface area contributed by atoms with Crippen molar-refractivity contribution in [2.75, 3.05) is 44.8 Å². The molecule has 1 atom stereocenters. The fourth-order valence-electron chi connectivity index (χ4n) is 3.50. The first-order valence-corrected chi connectivity index (χ1v) is 8.29. The molecule has 1 unspecified atom stereocenters. The van der Waals surface area contributed by atoms with Crippen LogP contribution < -0.4 is 9.64 Å². The molecule has 2 saturated heterocycles. The lowest BCUT2D eigenvalue weighted by Crippen LogP contribution is -2.54. The van der Waals surface area contributed by atoms with Gasteiger partial charge in [-0.3, -0.25) is 4.90 Å². The molecule has 7 heteroatoms. The minimum absolute atomic E-state index is 0.0483. The lowest BCUT2D eigenvalue weighted by Gasteiger charge is -2.43. The van der Waals surface area contributed by atoms with Gasteiger partial charge in [0.25, 0.3) is 0 Å². The first-order chi connectivity index (χ1) is 11.5. The summed E-state index contributed by atoms with van der Waals surface area (Å²) in [5.41, 5.74) is 1.10. The largest absolute Gasteiger partial charge is 0.497 e. The highest BCUT2D eigenvalue weighted by molar-refractivity contribution is 5.51. The number of halogens is 3. The van der Waals surface area contributed by atoms with Crippen molar-refractivity contribution in [1.82, 2.24) is 4.90 Å². The molecular formula is C17H23F3N2O2. The smallest absolute Gasteiger partial charge is 0.415 e. The second-order valence-corrected chi connectivity index (χ2v) is 6.32. The van der Waals surface area contributed by atoms with E-state index in [1.54, 1.807) is 7.11 Å². The molecule has 0 spiro atoms. The van der Waals surface area contributed by atoms with Crippen molar-refractivity contribution in [1.29, 1.82) is 0 Å². The summed E-state index contributed by atoms with van der Waals surface area (Å²) in [6, 6.07) is 8.09. The van der Waals surface area contributed by atoms with Crippen LogP contribution in [-0.2, 0) is 4.74 Å². The van der Waals surface area contributed by atoms with Crippen molar-refractivity contribution >= 4 is 5.69 Å². The summed E-state index contributed by atoms with van der Waals surface area (Å²) in [4.78, 5) is 4.21. The Bertz CT molecular complexity index is 545. The number of rotatable bonds is 3. The molecule has 2 aliphatic rings. The number of piperidine rings is 1. The predicted octanol–water partition coefficient (Wildman–Crippen LogP) is 2.93. The predicted molar refractivity (Wildman–Crippen MR) is 85.6 cm³/mol. The average molecular weight is 344 g/mol. The first kappa shape index (κ1) is 17.4. The van der Waals surface area contributed by atoms with Crippen LogP contribution in [0.1, 0.15) is 12.8 Å². The minimum Gasteiger partial charge on any atom is -0.497 e. The zero-order chi connectivity index (χ0) is 17.2. The SMILES string of the molecule is COc1cccc(N2CCC(N3CCOC(C(F)(F)F)C3)CC2)c1. The highest BCUT2D eigenvalue weighted by atomic mass is 19.4. The molecule has 0 bridgehead atoms. The molecule has 0 saturated carbocycles. The van der Waals surface area contributed by atoms with Crippen molar-refractivity contribution in [3.05, 3.63) is 24.3 Å². The van der Waals surface area contributed by atoms with Gasteiger partial charge in [-0.05, 0) is 25.0 Å². The number of hydrogen-bond acceptors (Lipinski definition) is 4. The van der Waals surface area contributed by atoms with Gasteiger partial charge in [0.05, 0.1) is 13.7 Å². The molecule has 0 amide bonds. The molecule has 0 radical (unpaired) electrons. The van der Waals surface area contributed by atoms with Gasteiger partial charge in [0.15, 0.2) is 6.10 Å². The van der Waals surface area contributed by atoms with E-state index in [9.17, 15) is 13.2 Å². The van der Waals surface area contributed by atoms with Crippen LogP contribution >= 0.6 is 0 Å². The highest BCUT2D eigenvalue weighted by Crippen LogP contribution is 2.30. The Morgan fingerprint density at radius 3 is 2.58 bits per heavy atom. The Morgan fingerprint density at radius 1 is 1.17 bits per heavy atom. The Hall–Kier alpha value is -1.47. The van der Waals surface area contributed by atoms with Crippen LogP contribution in [0.2, 0.25) is 0 Å². The number of hydrogen-bond donors (Lipinski definition) is 0. The number of morpholine rings is 1. The molecule has 2 heterocycles. The second-order valence-electron chi connectivity index (χ2n) is 6.32. The normalized spacial score (nSPS) is 24.2. The third-order valence-corrected chi connectivity index (χ3v) is 4.86. The minimum atomic E-state index is -4.28. The maximum atomic E-state index is 12.9.